The topological polar surface area (TPSA) is 21.3 Å². The number of hydrogen-bond acceptors (Lipinski definition) is 2. The van der Waals surface area contributed by atoms with E-state index in [1.807, 2.05) is 6.08 Å². The fourth-order valence-corrected chi connectivity index (χ4v) is 2.04. The van der Waals surface area contributed by atoms with Gasteiger partial charge in [-0.1, -0.05) is 13.0 Å². The third-order valence-electron chi connectivity index (χ3n) is 2.86. The molecular formula is C12H23NO. The Hall–Kier alpha value is -0.340. The van der Waals surface area contributed by atoms with Gasteiger partial charge < -0.3 is 10.1 Å². The van der Waals surface area contributed by atoms with Gasteiger partial charge in [-0.2, -0.15) is 0 Å². The van der Waals surface area contributed by atoms with E-state index in [0.717, 1.165) is 32.3 Å². The van der Waals surface area contributed by atoms with Gasteiger partial charge >= 0.3 is 0 Å². The van der Waals surface area contributed by atoms with Crippen LogP contribution >= 0.6 is 0 Å². The van der Waals surface area contributed by atoms with Crippen molar-refractivity contribution in [2.75, 3.05) is 6.61 Å². The zero-order valence-electron chi connectivity index (χ0n) is 9.46. The van der Waals surface area contributed by atoms with Gasteiger partial charge in [-0.25, -0.2) is 0 Å². The molecule has 0 aromatic carbocycles. The normalized spacial score (nSPS) is 29.9. The molecule has 1 rings (SSSR count). The molecule has 2 heteroatoms. The van der Waals surface area contributed by atoms with Crippen LogP contribution in [0.15, 0.2) is 12.7 Å². The molecule has 0 amide bonds. The van der Waals surface area contributed by atoms with E-state index in [2.05, 4.69) is 25.7 Å². The van der Waals surface area contributed by atoms with Crippen molar-refractivity contribution in [3.8, 4) is 0 Å². The first-order valence-corrected chi connectivity index (χ1v) is 5.74. The summed E-state index contributed by atoms with van der Waals surface area (Å²) in [4.78, 5) is 0. The van der Waals surface area contributed by atoms with Crippen molar-refractivity contribution in [2.24, 2.45) is 0 Å². The lowest BCUT2D eigenvalue weighted by Crippen LogP contribution is -2.42. The predicted molar refractivity (Wildman–Crippen MR) is 60.5 cm³/mol. The molecule has 0 aromatic rings. The molecule has 0 spiro atoms. The van der Waals surface area contributed by atoms with Crippen molar-refractivity contribution in [2.45, 2.75) is 57.7 Å². The Labute approximate surface area is 87.7 Å². The van der Waals surface area contributed by atoms with E-state index in [4.69, 9.17) is 4.74 Å². The molecule has 0 saturated carbocycles. The largest absolute Gasteiger partial charge is 0.378 e. The highest BCUT2D eigenvalue weighted by Gasteiger charge is 2.21. The summed E-state index contributed by atoms with van der Waals surface area (Å²) in [6.07, 6.45) is 6.95. The van der Waals surface area contributed by atoms with Gasteiger partial charge in [0.05, 0.1) is 6.10 Å². The maximum atomic E-state index is 5.64. The molecule has 0 aromatic heterocycles. The van der Waals surface area contributed by atoms with Crippen LogP contribution in [0.25, 0.3) is 0 Å². The molecule has 2 nitrogen and oxygen atoms in total. The highest BCUT2D eigenvalue weighted by atomic mass is 16.5. The first-order chi connectivity index (χ1) is 6.76. The molecule has 1 heterocycles. The summed E-state index contributed by atoms with van der Waals surface area (Å²) in [6, 6.07) is 1.19. The van der Waals surface area contributed by atoms with Crippen LogP contribution in [0.2, 0.25) is 0 Å². The van der Waals surface area contributed by atoms with Gasteiger partial charge in [-0.3, -0.25) is 0 Å². The number of ether oxygens (including phenoxy) is 1. The summed E-state index contributed by atoms with van der Waals surface area (Å²) >= 11 is 0. The molecule has 3 atom stereocenters. The molecule has 1 aliphatic heterocycles. The third-order valence-corrected chi connectivity index (χ3v) is 2.86. The maximum absolute atomic E-state index is 5.64. The van der Waals surface area contributed by atoms with Crippen LogP contribution in [0.5, 0.6) is 0 Å². The SMILES string of the molecule is C=CCC(C)NC1CCOC(CC)C1. The minimum Gasteiger partial charge on any atom is -0.378 e. The van der Waals surface area contributed by atoms with E-state index < -0.39 is 0 Å². The van der Waals surface area contributed by atoms with Crippen LogP contribution in [-0.4, -0.2) is 24.8 Å². The van der Waals surface area contributed by atoms with Crippen molar-refractivity contribution < 1.29 is 4.74 Å². The van der Waals surface area contributed by atoms with E-state index in [1.165, 1.54) is 0 Å². The average molecular weight is 197 g/mol. The second kappa shape index (κ2) is 6.20. The molecule has 0 aliphatic carbocycles. The van der Waals surface area contributed by atoms with Gasteiger partial charge in [0.1, 0.15) is 0 Å². The van der Waals surface area contributed by atoms with Crippen molar-refractivity contribution in [3.05, 3.63) is 12.7 Å². The van der Waals surface area contributed by atoms with Gasteiger partial charge in [0.2, 0.25) is 0 Å². The Morgan fingerprint density at radius 3 is 3.07 bits per heavy atom. The van der Waals surface area contributed by atoms with Crippen LogP contribution in [0.3, 0.4) is 0 Å². The van der Waals surface area contributed by atoms with Crippen LogP contribution in [0.4, 0.5) is 0 Å². The minimum atomic E-state index is 0.470. The molecule has 3 unspecified atom stereocenters. The van der Waals surface area contributed by atoms with Crippen molar-refractivity contribution in [3.63, 3.8) is 0 Å². The molecule has 1 N–H and O–H groups in total. The zero-order valence-corrected chi connectivity index (χ0v) is 9.46. The number of rotatable bonds is 5. The quantitative estimate of drug-likeness (QED) is 0.684. The second-order valence-electron chi connectivity index (χ2n) is 4.21. The number of hydrogen-bond donors (Lipinski definition) is 1. The van der Waals surface area contributed by atoms with E-state index in [-0.39, 0.29) is 0 Å². The fraction of sp³-hybridized carbons (Fsp3) is 0.833. The summed E-state index contributed by atoms with van der Waals surface area (Å²) in [5.74, 6) is 0. The van der Waals surface area contributed by atoms with E-state index in [0.29, 0.717) is 18.2 Å². The molecule has 1 fully saturated rings. The Balaban J connectivity index is 2.26. The molecule has 82 valence electrons. The fourth-order valence-electron chi connectivity index (χ4n) is 2.04. The summed E-state index contributed by atoms with van der Waals surface area (Å²) < 4.78 is 5.64. The molecule has 14 heavy (non-hydrogen) atoms. The van der Waals surface area contributed by atoms with Gasteiger partial charge in [-0.05, 0) is 32.6 Å². The minimum absolute atomic E-state index is 0.470. The van der Waals surface area contributed by atoms with Crippen LogP contribution in [0.1, 0.15) is 39.5 Å². The molecule has 1 aliphatic rings. The summed E-state index contributed by atoms with van der Waals surface area (Å²) in [5, 5.41) is 3.63. The molecule has 1 saturated heterocycles. The number of nitrogens with one attached hydrogen (secondary N) is 1. The molecule has 0 bridgehead atoms. The first kappa shape index (κ1) is 11.7. The summed E-state index contributed by atoms with van der Waals surface area (Å²) in [6.45, 7) is 9.09. The van der Waals surface area contributed by atoms with Crippen molar-refractivity contribution in [1.29, 1.82) is 0 Å². The van der Waals surface area contributed by atoms with Crippen LogP contribution < -0.4 is 5.32 Å². The monoisotopic (exact) mass is 197 g/mol. The lowest BCUT2D eigenvalue weighted by Gasteiger charge is -2.31. The van der Waals surface area contributed by atoms with Gasteiger partial charge in [-0.15, -0.1) is 6.58 Å². The van der Waals surface area contributed by atoms with E-state index in [9.17, 15) is 0 Å². The van der Waals surface area contributed by atoms with E-state index >= 15 is 0 Å². The van der Waals surface area contributed by atoms with Gasteiger partial charge in [0, 0.05) is 18.7 Å². The first-order valence-electron chi connectivity index (χ1n) is 5.74. The lowest BCUT2D eigenvalue weighted by atomic mass is 10.0. The summed E-state index contributed by atoms with van der Waals surface area (Å²) in [7, 11) is 0. The Morgan fingerprint density at radius 2 is 2.43 bits per heavy atom. The second-order valence-corrected chi connectivity index (χ2v) is 4.21. The predicted octanol–water partition coefficient (Wildman–Crippen LogP) is 2.50. The Bertz CT molecular complexity index is 170. The maximum Gasteiger partial charge on any atom is 0.0587 e. The zero-order chi connectivity index (χ0) is 10.4. The third kappa shape index (κ3) is 3.81. The van der Waals surface area contributed by atoms with Gasteiger partial charge in [0.25, 0.3) is 0 Å². The smallest absolute Gasteiger partial charge is 0.0587 e. The van der Waals surface area contributed by atoms with Crippen LogP contribution in [-0.2, 0) is 4.74 Å². The highest BCUT2D eigenvalue weighted by Crippen LogP contribution is 2.16. The average Bonchev–Trinajstić information content (AvgIpc) is 2.18. The lowest BCUT2D eigenvalue weighted by molar-refractivity contribution is -0.00153. The van der Waals surface area contributed by atoms with Crippen LogP contribution in [0, 0.1) is 0 Å². The van der Waals surface area contributed by atoms with E-state index in [1.54, 1.807) is 0 Å². The highest BCUT2D eigenvalue weighted by molar-refractivity contribution is 4.81. The Kier molecular flexibility index (Phi) is 5.20. The standard InChI is InChI=1S/C12H23NO/c1-4-6-10(3)13-11-7-8-14-12(5-2)9-11/h4,10-13H,1,5-9H2,2-3H3. The Morgan fingerprint density at radius 1 is 1.64 bits per heavy atom. The van der Waals surface area contributed by atoms with Crippen molar-refractivity contribution in [1.82, 2.24) is 5.32 Å². The summed E-state index contributed by atoms with van der Waals surface area (Å²) in [5.41, 5.74) is 0. The van der Waals surface area contributed by atoms with Gasteiger partial charge in [0.15, 0.2) is 0 Å². The van der Waals surface area contributed by atoms with Crippen molar-refractivity contribution >= 4 is 0 Å². The molecular weight excluding hydrogens is 174 g/mol. The molecule has 0 radical (unpaired) electrons.